The molecule has 0 aromatic carbocycles. The minimum absolute atomic E-state index is 0.124. The number of nitrogens with two attached hydrogens (primary N) is 1. The summed E-state index contributed by atoms with van der Waals surface area (Å²) in [6, 6.07) is 1.02. The highest BCUT2D eigenvalue weighted by atomic mass is 19.3. The van der Waals surface area contributed by atoms with Gasteiger partial charge in [-0.1, -0.05) is 0 Å². The molecule has 13 heavy (non-hydrogen) atoms. The molecule has 0 spiro atoms. The van der Waals surface area contributed by atoms with Crippen molar-refractivity contribution < 1.29 is 13.2 Å². The molecule has 72 valence electrons. The molecule has 0 bridgehead atoms. The summed E-state index contributed by atoms with van der Waals surface area (Å²) in [6.45, 7) is 1.21. The lowest BCUT2D eigenvalue weighted by Gasteiger charge is -2.06. The fourth-order valence-corrected chi connectivity index (χ4v) is 0.998. The summed E-state index contributed by atoms with van der Waals surface area (Å²) in [5, 5.41) is 0. The third-order valence-corrected chi connectivity index (χ3v) is 1.68. The first-order valence-electron chi connectivity index (χ1n) is 3.70. The van der Waals surface area contributed by atoms with Crippen LogP contribution in [0.2, 0.25) is 0 Å². The topological polar surface area (TPSA) is 38.9 Å². The van der Waals surface area contributed by atoms with Gasteiger partial charge in [0.25, 0.3) is 6.43 Å². The maximum absolute atomic E-state index is 12.9. The highest BCUT2D eigenvalue weighted by Crippen LogP contribution is 2.21. The Morgan fingerprint density at radius 3 is 2.62 bits per heavy atom. The van der Waals surface area contributed by atoms with Gasteiger partial charge in [0.05, 0.1) is 5.69 Å². The maximum Gasteiger partial charge on any atom is 0.280 e. The van der Waals surface area contributed by atoms with E-state index in [0.717, 1.165) is 6.07 Å². The number of pyridine rings is 1. The zero-order valence-electron chi connectivity index (χ0n) is 7.02. The molecular formula is C8H9F3N2. The Morgan fingerprint density at radius 1 is 1.54 bits per heavy atom. The van der Waals surface area contributed by atoms with Gasteiger partial charge in [0.1, 0.15) is 11.5 Å². The van der Waals surface area contributed by atoms with Crippen LogP contribution >= 0.6 is 0 Å². The van der Waals surface area contributed by atoms with E-state index in [2.05, 4.69) is 4.98 Å². The van der Waals surface area contributed by atoms with Gasteiger partial charge in [-0.15, -0.1) is 0 Å². The summed E-state index contributed by atoms with van der Waals surface area (Å²) in [5.74, 6) is -0.635. The second kappa shape index (κ2) is 3.74. The fraction of sp³-hybridized carbons (Fsp3) is 0.375. The van der Waals surface area contributed by atoms with E-state index >= 15 is 0 Å². The Morgan fingerprint density at radius 2 is 2.15 bits per heavy atom. The van der Waals surface area contributed by atoms with Crippen molar-refractivity contribution in [2.75, 3.05) is 0 Å². The average Bonchev–Trinajstić information content (AvgIpc) is 2.03. The number of alkyl halides is 2. The van der Waals surface area contributed by atoms with Crippen LogP contribution in [0.25, 0.3) is 0 Å². The third kappa shape index (κ3) is 1.98. The van der Waals surface area contributed by atoms with Gasteiger partial charge in [-0.05, 0) is 18.6 Å². The summed E-state index contributed by atoms with van der Waals surface area (Å²) < 4.78 is 37.4. The van der Waals surface area contributed by atoms with Crippen molar-refractivity contribution in [3.05, 3.63) is 28.8 Å². The van der Waals surface area contributed by atoms with E-state index in [0.29, 0.717) is 0 Å². The number of nitrogens with zero attached hydrogens (tertiary/aromatic N) is 1. The first kappa shape index (κ1) is 9.98. The molecule has 1 aromatic heterocycles. The first-order chi connectivity index (χ1) is 6.06. The molecule has 0 saturated carbocycles. The molecule has 0 aliphatic carbocycles. The highest BCUT2D eigenvalue weighted by molar-refractivity contribution is 5.23. The van der Waals surface area contributed by atoms with Crippen molar-refractivity contribution in [2.24, 2.45) is 5.73 Å². The van der Waals surface area contributed by atoms with Crippen LogP contribution in [0.1, 0.15) is 23.4 Å². The maximum atomic E-state index is 12.9. The van der Waals surface area contributed by atoms with Crippen molar-refractivity contribution in [3.63, 3.8) is 0 Å². The van der Waals surface area contributed by atoms with E-state index in [1.165, 1.54) is 6.92 Å². The minimum Gasteiger partial charge on any atom is -0.325 e. The zero-order chi connectivity index (χ0) is 10.0. The Hall–Kier alpha value is -1.10. The summed E-state index contributed by atoms with van der Waals surface area (Å²) in [7, 11) is 0. The zero-order valence-corrected chi connectivity index (χ0v) is 7.02. The molecule has 0 unspecified atom stereocenters. The van der Waals surface area contributed by atoms with Crippen molar-refractivity contribution >= 4 is 0 Å². The lowest BCUT2D eigenvalue weighted by molar-refractivity contribution is 0.144. The van der Waals surface area contributed by atoms with Crippen LogP contribution in [-0.4, -0.2) is 4.98 Å². The predicted octanol–water partition coefficient (Wildman–Crippen LogP) is 1.93. The van der Waals surface area contributed by atoms with Crippen LogP contribution in [0.4, 0.5) is 13.2 Å². The second-order valence-electron chi connectivity index (χ2n) is 2.62. The summed E-state index contributed by atoms with van der Waals surface area (Å²) in [6.07, 6.45) is -2.69. The van der Waals surface area contributed by atoms with Gasteiger partial charge in [0.15, 0.2) is 0 Å². The molecule has 2 N–H and O–H groups in total. The van der Waals surface area contributed by atoms with Crippen LogP contribution in [0.3, 0.4) is 0 Å². The number of hydrogen-bond acceptors (Lipinski definition) is 2. The summed E-state index contributed by atoms with van der Waals surface area (Å²) >= 11 is 0. The Kier molecular flexibility index (Phi) is 2.87. The second-order valence-corrected chi connectivity index (χ2v) is 2.62. The number of aromatic nitrogens is 1. The number of halogens is 3. The number of aryl methyl sites for hydroxylation is 1. The molecule has 2 nitrogen and oxygen atoms in total. The SMILES string of the molecule is Cc1cc(F)c(CN)nc1C(F)F. The van der Waals surface area contributed by atoms with Gasteiger partial charge in [0.2, 0.25) is 0 Å². The smallest absolute Gasteiger partial charge is 0.280 e. The quantitative estimate of drug-likeness (QED) is 0.773. The molecule has 0 amide bonds. The summed E-state index contributed by atoms with van der Waals surface area (Å²) in [4.78, 5) is 3.44. The molecule has 5 heteroatoms. The van der Waals surface area contributed by atoms with Gasteiger partial charge >= 0.3 is 0 Å². The van der Waals surface area contributed by atoms with Gasteiger partial charge in [0, 0.05) is 6.54 Å². The number of hydrogen-bond donors (Lipinski definition) is 1. The molecule has 0 saturated heterocycles. The van der Waals surface area contributed by atoms with Crippen molar-refractivity contribution in [1.29, 1.82) is 0 Å². The molecule has 0 fully saturated rings. The lowest BCUT2D eigenvalue weighted by atomic mass is 10.2. The molecule has 0 atom stereocenters. The Bertz CT molecular complexity index is 313. The standard InChI is InChI=1S/C8H9F3N2/c1-4-2-5(9)6(3-12)13-7(4)8(10)11/h2,8H,3,12H2,1H3. The monoisotopic (exact) mass is 190 g/mol. The van der Waals surface area contributed by atoms with Gasteiger partial charge in [-0.3, -0.25) is 0 Å². The van der Waals surface area contributed by atoms with Crippen LogP contribution in [0, 0.1) is 12.7 Å². The first-order valence-corrected chi connectivity index (χ1v) is 3.70. The molecule has 1 heterocycles. The molecule has 0 aliphatic heterocycles. The largest absolute Gasteiger partial charge is 0.325 e. The molecular weight excluding hydrogens is 181 g/mol. The Labute approximate surface area is 73.6 Å². The predicted molar refractivity (Wildman–Crippen MR) is 41.8 cm³/mol. The van der Waals surface area contributed by atoms with Crippen LogP contribution in [0.15, 0.2) is 6.07 Å². The van der Waals surface area contributed by atoms with Crippen LogP contribution < -0.4 is 5.73 Å². The van der Waals surface area contributed by atoms with E-state index in [-0.39, 0.29) is 17.8 Å². The number of rotatable bonds is 2. The summed E-state index contributed by atoms with van der Waals surface area (Å²) in [5.41, 5.74) is 4.74. The van der Waals surface area contributed by atoms with Gasteiger partial charge < -0.3 is 5.73 Å². The van der Waals surface area contributed by atoms with E-state index < -0.39 is 17.9 Å². The Balaban J connectivity index is 3.22. The molecule has 0 radical (unpaired) electrons. The van der Waals surface area contributed by atoms with E-state index in [1.807, 2.05) is 0 Å². The molecule has 0 aliphatic rings. The lowest BCUT2D eigenvalue weighted by Crippen LogP contribution is -2.07. The average molecular weight is 190 g/mol. The van der Waals surface area contributed by atoms with E-state index in [9.17, 15) is 13.2 Å². The van der Waals surface area contributed by atoms with Crippen molar-refractivity contribution in [1.82, 2.24) is 4.98 Å². The van der Waals surface area contributed by atoms with E-state index in [1.54, 1.807) is 0 Å². The van der Waals surface area contributed by atoms with Crippen LogP contribution in [-0.2, 0) is 6.54 Å². The molecule has 1 rings (SSSR count). The van der Waals surface area contributed by atoms with Gasteiger partial charge in [-0.25, -0.2) is 18.2 Å². The minimum atomic E-state index is -2.69. The normalized spacial score (nSPS) is 10.9. The van der Waals surface area contributed by atoms with Gasteiger partial charge in [-0.2, -0.15) is 0 Å². The van der Waals surface area contributed by atoms with E-state index in [4.69, 9.17) is 5.73 Å². The third-order valence-electron chi connectivity index (χ3n) is 1.68. The van der Waals surface area contributed by atoms with Crippen molar-refractivity contribution in [3.8, 4) is 0 Å². The fourth-order valence-electron chi connectivity index (χ4n) is 0.998. The van der Waals surface area contributed by atoms with Crippen molar-refractivity contribution in [2.45, 2.75) is 19.9 Å². The highest BCUT2D eigenvalue weighted by Gasteiger charge is 2.15. The van der Waals surface area contributed by atoms with Crippen LogP contribution in [0.5, 0.6) is 0 Å². The molecule has 1 aromatic rings.